The van der Waals surface area contributed by atoms with E-state index in [1.807, 2.05) is 0 Å². The molecule has 0 nitrogen and oxygen atoms in total. The first-order valence-corrected chi connectivity index (χ1v) is 6.87. The number of hydrogen-bond donors (Lipinski definition) is 0. The van der Waals surface area contributed by atoms with E-state index in [1.165, 1.54) is 50.5 Å². The summed E-state index contributed by atoms with van der Waals surface area (Å²) in [7, 11) is 0. The lowest BCUT2D eigenvalue weighted by molar-refractivity contribution is 0.595. The van der Waals surface area contributed by atoms with Crippen molar-refractivity contribution in [1.82, 2.24) is 0 Å². The molecule has 1 unspecified atom stereocenters. The molecule has 84 valence electrons. The maximum absolute atomic E-state index is 3.68. The third-order valence-electron chi connectivity index (χ3n) is 2.35. The standard InChI is InChI=1S/C13H25Br/c1-4-5-6-7-8-9-10-13(14)11-12(2)3/h11,13H,4-10H2,1-3H3. The van der Waals surface area contributed by atoms with Gasteiger partial charge in [0.05, 0.1) is 0 Å². The van der Waals surface area contributed by atoms with Gasteiger partial charge in [0.1, 0.15) is 0 Å². The van der Waals surface area contributed by atoms with Crippen LogP contribution < -0.4 is 0 Å². The Morgan fingerprint density at radius 1 is 1.07 bits per heavy atom. The predicted molar refractivity (Wildman–Crippen MR) is 70.1 cm³/mol. The summed E-state index contributed by atoms with van der Waals surface area (Å²) < 4.78 is 0. The van der Waals surface area contributed by atoms with Gasteiger partial charge in [-0.25, -0.2) is 0 Å². The van der Waals surface area contributed by atoms with Crippen LogP contribution in [0, 0.1) is 0 Å². The van der Waals surface area contributed by atoms with Gasteiger partial charge in [0, 0.05) is 4.83 Å². The van der Waals surface area contributed by atoms with Gasteiger partial charge in [-0.3, -0.25) is 0 Å². The Hall–Kier alpha value is 0.220. The van der Waals surface area contributed by atoms with E-state index in [4.69, 9.17) is 0 Å². The molecule has 0 amide bonds. The van der Waals surface area contributed by atoms with E-state index in [0.717, 1.165) is 0 Å². The smallest absolute Gasteiger partial charge is 0.0327 e. The zero-order chi connectivity index (χ0) is 10.8. The summed E-state index contributed by atoms with van der Waals surface area (Å²) >= 11 is 3.68. The van der Waals surface area contributed by atoms with E-state index in [1.54, 1.807) is 0 Å². The van der Waals surface area contributed by atoms with Crippen LogP contribution in [-0.2, 0) is 0 Å². The van der Waals surface area contributed by atoms with Crippen LogP contribution in [0.5, 0.6) is 0 Å². The van der Waals surface area contributed by atoms with Crippen molar-refractivity contribution in [2.45, 2.75) is 70.5 Å². The first kappa shape index (κ1) is 14.2. The molecule has 0 spiro atoms. The molecule has 0 fully saturated rings. The van der Waals surface area contributed by atoms with Gasteiger partial charge in [-0.05, 0) is 20.3 Å². The third kappa shape index (κ3) is 10.3. The van der Waals surface area contributed by atoms with Crippen LogP contribution in [0.4, 0.5) is 0 Å². The van der Waals surface area contributed by atoms with Gasteiger partial charge in [-0.2, -0.15) is 0 Å². The molecule has 0 rings (SSSR count). The Balaban J connectivity index is 3.23. The van der Waals surface area contributed by atoms with Gasteiger partial charge >= 0.3 is 0 Å². The highest BCUT2D eigenvalue weighted by Gasteiger charge is 1.99. The molecule has 1 atom stereocenters. The fourth-order valence-corrected chi connectivity index (χ4v) is 2.42. The van der Waals surface area contributed by atoms with Gasteiger partial charge in [-0.1, -0.05) is 73.0 Å². The van der Waals surface area contributed by atoms with Crippen LogP contribution in [0.2, 0.25) is 0 Å². The molecule has 0 saturated heterocycles. The first-order chi connectivity index (χ1) is 6.66. The van der Waals surface area contributed by atoms with Crippen molar-refractivity contribution < 1.29 is 0 Å². The maximum atomic E-state index is 3.68. The number of unbranched alkanes of at least 4 members (excludes halogenated alkanes) is 5. The van der Waals surface area contributed by atoms with E-state index in [2.05, 4.69) is 42.8 Å². The predicted octanol–water partition coefficient (Wildman–Crippen LogP) is 5.47. The van der Waals surface area contributed by atoms with Crippen molar-refractivity contribution in [1.29, 1.82) is 0 Å². The molecule has 0 aliphatic heterocycles. The summed E-state index contributed by atoms with van der Waals surface area (Å²) in [6.07, 6.45) is 12.0. The second-order valence-corrected chi connectivity index (χ2v) is 5.49. The Labute approximate surface area is 98.3 Å². The van der Waals surface area contributed by atoms with Crippen molar-refractivity contribution in [3.05, 3.63) is 11.6 Å². The molecule has 0 saturated carbocycles. The maximum Gasteiger partial charge on any atom is 0.0327 e. The number of hydrogen-bond acceptors (Lipinski definition) is 0. The number of halogens is 1. The largest absolute Gasteiger partial charge is 0.0845 e. The third-order valence-corrected chi connectivity index (χ3v) is 3.07. The summed E-state index contributed by atoms with van der Waals surface area (Å²) in [4.78, 5) is 0.596. The monoisotopic (exact) mass is 260 g/mol. The average molecular weight is 261 g/mol. The SMILES string of the molecule is CCCCCCCCC(Br)C=C(C)C. The first-order valence-electron chi connectivity index (χ1n) is 5.96. The van der Waals surface area contributed by atoms with E-state index in [9.17, 15) is 0 Å². The minimum absolute atomic E-state index is 0.596. The molecular formula is C13H25Br. The lowest BCUT2D eigenvalue weighted by Crippen LogP contribution is -1.93. The number of alkyl halides is 1. The van der Waals surface area contributed by atoms with E-state index in [-0.39, 0.29) is 0 Å². The summed E-state index contributed by atoms with van der Waals surface area (Å²) in [5.41, 5.74) is 1.41. The second kappa shape index (κ2) is 9.76. The van der Waals surface area contributed by atoms with Crippen molar-refractivity contribution >= 4 is 15.9 Å². The van der Waals surface area contributed by atoms with Crippen molar-refractivity contribution in [2.75, 3.05) is 0 Å². The van der Waals surface area contributed by atoms with Crippen LogP contribution in [0.3, 0.4) is 0 Å². The van der Waals surface area contributed by atoms with Gasteiger partial charge in [0.2, 0.25) is 0 Å². The van der Waals surface area contributed by atoms with Gasteiger partial charge in [0.25, 0.3) is 0 Å². The van der Waals surface area contributed by atoms with Crippen molar-refractivity contribution in [3.63, 3.8) is 0 Å². The summed E-state index contributed by atoms with van der Waals surface area (Å²) in [5.74, 6) is 0. The molecule has 0 aromatic heterocycles. The van der Waals surface area contributed by atoms with E-state index < -0.39 is 0 Å². The van der Waals surface area contributed by atoms with Gasteiger partial charge in [0.15, 0.2) is 0 Å². The normalized spacial score (nSPS) is 12.6. The lowest BCUT2D eigenvalue weighted by atomic mass is 10.1. The summed E-state index contributed by atoms with van der Waals surface area (Å²) in [5, 5.41) is 0. The molecular weight excluding hydrogens is 236 g/mol. The fourth-order valence-electron chi connectivity index (χ4n) is 1.56. The molecule has 0 aliphatic carbocycles. The Morgan fingerprint density at radius 2 is 1.64 bits per heavy atom. The lowest BCUT2D eigenvalue weighted by Gasteiger charge is -2.05. The molecule has 14 heavy (non-hydrogen) atoms. The zero-order valence-electron chi connectivity index (χ0n) is 9.98. The Morgan fingerprint density at radius 3 is 2.21 bits per heavy atom. The highest BCUT2D eigenvalue weighted by molar-refractivity contribution is 9.09. The molecule has 0 aliphatic rings. The Kier molecular flexibility index (Phi) is 9.92. The number of rotatable bonds is 8. The highest BCUT2D eigenvalue weighted by Crippen LogP contribution is 2.15. The van der Waals surface area contributed by atoms with Crippen molar-refractivity contribution in [3.8, 4) is 0 Å². The number of allylic oxidation sites excluding steroid dienone is 2. The van der Waals surface area contributed by atoms with Gasteiger partial charge in [-0.15, -0.1) is 0 Å². The van der Waals surface area contributed by atoms with Crippen LogP contribution in [0.1, 0.15) is 65.7 Å². The molecule has 0 aromatic carbocycles. The summed E-state index contributed by atoms with van der Waals surface area (Å²) in [6, 6.07) is 0. The quantitative estimate of drug-likeness (QED) is 0.309. The van der Waals surface area contributed by atoms with Crippen LogP contribution >= 0.6 is 15.9 Å². The Bertz CT molecular complexity index is 145. The van der Waals surface area contributed by atoms with Gasteiger partial charge < -0.3 is 0 Å². The molecule has 1 heteroatoms. The van der Waals surface area contributed by atoms with E-state index >= 15 is 0 Å². The van der Waals surface area contributed by atoms with Crippen LogP contribution in [-0.4, -0.2) is 4.83 Å². The average Bonchev–Trinajstić information content (AvgIpc) is 2.10. The highest BCUT2D eigenvalue weighted by atomic mass is 79.9. The minimum atomic E-state index is 0.596. The van der Waals surface area contributed by atoms with Crippen LogP contribution in [0.25, 0.3) is 0 Å². The second-order valence-electron chi connectivity index (χ2n) is 4.32. The molecule has 0 N–H and O–H groups in total. The van der Waals surface area contributed by atoms with E-state index in [0.29, 0.717) is 4.83 Å². The summed E-state index contributed by atoms with van der Waals surface area (Å²) in [6.45, 7) is 6.59. The molecule has 0 heterocycles. The molecule has 0 aromatic rings. The zero-order valence-corrected chi connectivity index (χ0v) is 11.6. The topological polar surface area (TPSA) is 0 Å². The molecule has 0 radical (unpaired) electrons. The molecule has 0 bridgehead atoms. The fraction of sp³-hybridized carbons (Fsp3) is 0.846. The minimum Gasteiger partial charge on any atom is -0.0845 e. The van der Waals surface area contributed by atoms with Crippen molar-refractivity contribution in [2.24, 2.45) is 0 Å². The van der Waals surface area contributed by atoms with Crippen LogP contribution in [0.15, 0.2) is 11.6 Å².